The normalized spacial score (nSPS) is 11.1. The Hall–Kier alpha value is -3.60. The van der Waals surface area contributed by atoms with E-state index in [0.717, 1.165) is 22.4 Å². The van der Waals surface area contributed by atoms with Gasteiger partial charge in [0.25, 0.3) is 0 Å². The molecule has 0 radical (unpaired) electrons. The number of rotatable bonds is 4. The highest BCUT2D eigenvalue weighted by Crippen LogP contribution is 2.18. The van der Waals surface area contributed by atoms with Gasteiger partial charge in [0.1, 0.15) is 11.5 Å². The summed E-state index contributed by atoms with van der Waals surface area (Å²) in [7, 11) is 0. The number of aromatic nitrogens is 2. The number of benzene rings is 2. The Balaban J connectivity index is 1.92. The van der Waals surface area contributed by atoms with Crippen molar-refractivity contribution in [2.75, 3.05) is 0 Å². The second-order valence-corrected chi connectivity index (χ2v) is 7.59. The average Bonchev–Trinajstić information content (AvgIpc) is 2.72. The van der Waals surface area contributed by atoms with Crippen molar-refractivity contribution < 1.29 is 9.18 Å². The molecular weight excluding hydrogens is 379 g/mol. The van der Waals surface area contributed by atoms with Crippen LogP contribution in [0.1, 0.15) is 38.3 Å². The molecule has 0 saturated heterocycles. The van der Waals surface area contributed by atoms with Crippen molar-refractivity contribution in [3.63, 3.8) is 0 Å². The van der Waals surface area contributed by atoms with Gasteiger partial charge in [0.2, 0.25) is 5.43 Å². The number of halogens is 1. The van der Waals surface area contributed by atoms with Crippen LogP contribution in [0, 0.1) is 26.6 Å². The van der Waals surface area contributed by atoms with Crippen LogP contribution in [-0.2, 0) is 6.54 Å². The van der Waals surface area contributed by atoms with Crippen LogP contribution in [0.15, 0.2) is 65.6 Å². The number of hydrogen-bond donors (Lipinski definition) is 0. The lowest BCUT2D eigenvalue weighted by Crippen LogP contribution is -2.21. The molecule has 5 heteroatoms. The third kappa shape index (κ3) is 3.66. The zero-order valence-corrected chi connectivity index (χ0v) is 17.1. The first kappa shape index (κ1) is 19.7. The highest BCUT2D eigenvalue weighted by molar-refractivity contribution is 6.10. The predicted molar refractivity (Wildman–Crippen MR) is 116 cm³/mol. The minimum absolute atomic E-state index is 0.0464. The zero-order valence-electron chi connectivity index (χ0n) is 17.1. The van der Waals surface area contributed by atoms with Gasteiger partial charge in [-0.2, -0.15) is 0 Å². The molecule has 0 N–H and O–H groups in total. The van der Waals surface area contributed by atoms with Crippen molar-refractivity contribution in [1.29, 1.82) is 0 Å². The minimum atomic E-state index is -0.433. The molecule has 150 valence electrons. The van der Waals surface area contributed by atoms with Gasteiger partial charge in [0.05, 0.1) is 10.9 Å². The van der Waals surface area contributed by atoms with Gasteiger partial charge in [-0.05, 0) is 68.3 Å². The van der Waals surface area contributed by atoms with E-state index < -0.39 is 11.6 Å². The van der Waals surface area contributed by atoms with Crippen LogP contribution in [0.2, 0.25) is 0 Å². The first-order valence-corrected chi connectivity index (χ1v) is 9.70. The van der Waals surface area contributed by atoms with Gasteiger partial charge >= 0.3 is 0 Å². The molecule has 0 atom stereocenters. The molecule has 0 saturated carbocycles. The van der Waals surface area contributed by atoms with Gasteiger partial charge in [-0.1, -0.05) is 23.8 Å². The van der Waals surface area contributed by atoms with Crippen molar-refractivity contribution in [3.05, 3.63) is 110 Å². The summed E-state index contributed by atoms with van der Waals surface area (Å²) < 4.78 is 15.1. The largest absolute Gasteiger partial charge is 0.327 e. The Bertz CT molecular complexity index is 1340. The fourth-order valence-electron chi connectivity index (χ4n) is 3.55. The number of hydrogen-bond acceptors (Lipinski definition) is 3. The number of nitrogens with zero attached hydrogens (tertiary/aromatic N) is 2. The summed E-state index contributed by atoms with van der Waals surface area (Å²) in [6.45, 7) is 6.40. The molecule has 0 aliphatic heterocycles. The Kier molecular flexibility index (Phi) is 5.04. The Morgan fingerprint density at radius 3 is 2.47 bits per heavy atom. The summed E-state index contributed by atoms with van der Waals surface area (Å²) in [6.07, 6.45) is 1.57. The first-order valence-electron chi connectivity index (χ1n) is 9.70. The summed E-state index contributed by atoms with van der Waals surface area (Å²) in [6, 6.07) is 14.9. The summed E-state index contributed by atoms with van der Waals surface area (Å²) in [4.78, 5) is 30.7. The zero-order chi connectivity index (χ0) is 21.4. The monoisotopic (exact) mass is 400 g/mol. The maximum atomic E-state index is 13.3. The number of carbonyl (C=O) groups excluding carboxylic acids is 1. The summed E-state index contributed by atoms with van der Waals surface area (Å²) in [5.41, 5.74) is 4.61. The van der Waals surface area contributed by atoms with Crippen LogP contribution in [-0.4, -0.2) is 15.3 Å². The maximum Gasteiger partial charge on any atom is 0.202 e. The molecule has 0 unspecified atom stereocenters. The molecule has 0 amide bonds. The van der Waals surface area contributed by atoms with Gasteiger partial charge < -0.3 is 4.57 Å². The summed E-state index contributed by atoms with van der Waals surface area (Å²) in [5.74, 6) is -0.866. The topological polar surface area (TPSA) is 52.0 Å². The second-order valence-electron chi connectivity index (χ2n) is 7.59. The van der Waals surface area contributed by atoms with Crippen LogP contribution in [0.4, 0.5) is 4.39 Å². The number of carbonyl (C=O) groups is 1. The number of pyridine rings is 2. The van der Waals surface area contributed by atoms with E-state index >= 15 is 0 Å². The van der Waals surface area contributed by atoms with E-state index in [1.165, 1.54) is 24.3 Å². The van der Waals surface area contributed by atoms with E-state index in [0.29, 0.717) is 17.6 Å². The van der Waals surface area contributed by atoms with Crippen molar-refractivity contribution >= 4 is 16.8 Å². The Morgan fingerprint density at radius 1 is 1.00 bits per heavy atom. The molecule has 0 bridgehead atoms. The van der Waals surface area contributed by atoms with Crippen molar-refractivity contribution in [1.82, 2.24) is 9.55 Å². The third-order valence-corrected chi connectivity index (χ3v) is 5.26. The van der Waals surface area contributed by atoms with Gasteiger partial charge in [-0.15, -0.1) is 0 Å². The first-order chi connectivity index (χ1) is 14.3. The lowest BCUT2D eigenvalue weighted by atomic mass is 10.0. The molecule has 0 aliphatic rings. The highest BCUT2D eigenvalue weighted by atomic mass is 19.1. The second kappa shape index (κ2) is 7.67. The number of ketones is 1. The van der Waals surface area contributed by atoms with E-state index in [-0.39, 0.29) is 16.6 Å². The fourth-order valence-corrected chi connectivity index (χ4v) is 3.55. The molecular formula is C25H21FN2O2. The van der Waals surface area contributed by atoms with E-state index in [1.807, 2.05) is 31.4 Å². The molecule has 30 heavy (non-hydrogen) atoms. The molecule has 4 nitrogen and oxygen atoms in total. The van der Waals surface area contributed by atoms with Crippen molar-refractivity contribution in [2.24, 2.45) is 0 Å². The summed E-state index contributed by atoms with van der Waals surface area (Å²) in [5, 5.41) is 0.388. The SMILES string of the molecule is Cc1ccc(C)c(Cn2cc(C(=O)c3ccc(F)cc3)c(=O)c3ccc(C)nc32)c1. The highest BCUT2D eigenvalue weighted by Gasteiger charge is 2.18. The van der Waals surface area contributed by atoms with Crippen molar-refractivity contribution in [2.45, 2.75) is 27.3 Å². The quantitative estimate of drug-likeness (QED) is 0.465. The molecule has 2 heterocycles. The molecule has 0 aliphatic carbocycles. The van der Waals surface area contributed by atoms with Gasteiger partial charge in [0, 0.05) is 24.0 Å². The predicted octanol–water partition coefficient (Wildman–Crippen LogP) is 4.74. The third-order valence-electron chi connectivity index (χ3n) is 5.26. The number of aryl methyl sites for hydroxylation is 3. The summed E-state index contributed by atoms with van der Waals surface area (Å²) >= 11 is 0. The van der Waals surface area contributed by atoms with E-state index in [2.05, 4.69) is 17.1 Å². The minimum Gasteiger partial charge on any atom is -0.327 e. The van der Waals surface area contributed by atoms with Crippen LogP contribution in [0.25, 0.3) is 11.0 Å². The lowest BCUT2D eigenvalue weighted by Gasteiger charge is -2.15. The molecule has 2 aromatic carbocycles. The Labute approximate surface area is 173 Å². The molecule has 2 aromatic heterocycles. The Morgan fingerprint density at radius 2 is 1.73 bits per heavy atom. The van der Waals surface area contributed by atoms with Crippen LogP contribution >= 0.6 is 0 Å². The standard InChI is InChI=1S/C25H21FN2O2/c1-15-4-5-16(2)19(12-15)13-28-14-22(23(29)18-7-9-20(26)10-8-18)24(30)21-11-6-17(3)27-25(21)28/h4-12,14H,13H2,1-3H3. The van der Waals surface area contributed by atoms with Crippen molar-refractivity contribution in [3.8, 4) is 0 Å². The van der Waals surface area contributed by atoms with Gasteiger partial charge in [-0.3, -0.25) is 9.59 Å². The van der Waals surface area contributed by atoms with Crippen LogP contribution in [0.3, 0.4) is 0 Å². The van der Waals surface area contributed by atoms with Gasteiger partial charge in [-0.25, -0.2) is 9.37 Å². The van der Waals surface area contributed by atoms with E-state index in [1.54, 1.807) is 18.3 Å². The van der Waals surface area contributed by atoms with Crippen LogP contribution in [0.5, 0.6) is 0 Å². The fraction of sp³-hybridized carbons (Fsp3) is 0.160. The van der Waals surface area contributed by atoms with E-state index in [9.17, 15) is 14.0 Å². The molecule has 0 fully saturated rings. The molecule has 0 spiro atoms. The molecule has 4 aromatic rings. The van der Waals surface area contributed by atoms with E-state index in [4.69, 9.17) is 0 Å². The van der Waals surface area contributed by atoms with Crippen LogP contribution < -0.4 is 5.43 Å². The smallest absolute Gasteiger partial charge is 0.202 e. The number of fused-ring (bicyclic) bond motifs is 1. The average molecular weight is 400 g/mol. The molecule has 4 rings (SSSR count). The maximum absolute atomic E-state index is 13.3. The lowest BCUT2D eigenvalue weighted by molar-refractivity contribution is 0.103. The van der Waals surface area contributed by atoms with Gasteiger partial charge in [0.15, 0.2) is 5.78 Å².